The number of carboxylic acid groups (broad SMARTS) is 2. The van der Waals surface area contributed by atoms with Crippen molar-refractivity contribution < 1.29 is 29.0 Å². The number of rotatable bonds is 3. The zero-order valence-corrected chi connectivity index (χ0v) is 11.4. The fourth-order valence-corrected chi connectivity index (χ4v) is 2.59. The molecule has 2 N–H and O–H groups in total. The number of likely N-dealkylation sites (tertiary alicyclic amines) is 1. The number of benzene rings is 1. The van der Waals surface area contributed by atoms with Gasteiger partial charge in [-0.05, 0) is 30.5 Å². The molecule has 1 aromatic carbocycles. The van der Waals surface area contributed by atoms with Gasteiger partial charge in [0.25, 0.3) is 0 Å². The molecule has 0 saturated carbocycles. The summed E-state index contributed by atoms with van der Waals surface area (Å²) in [5, 5.41) is 17.8. The first-order valence-electron chi connectivity index (χ1n) is 6.04. The van der Waals surface area contributed by atoms with Crippen molar-refractivity contribution in [1.29, 1.82) is 0 Å². The first-order chi connectivity index (χ1) is 9.81. The average Bonchev–Trinajstić information content (AvgIpc) is 2.72. The van der Waals surface area contributed by atoms with Crippen LogP contribution in [0.3, 0.4) is 0 Å². The summed E-state index contributed by atoms with van der Waals surface area (Å²) in [5.41, 5.74) is 0.538. The van der Waals surface area contributed by atoms with Gasteiger partial charge >= 0.3 is 12.1 Å². The van der Waals surface area contributed by atoms with Crippen molar-refractivity contribution in [3.63, 3.8) is 0 Å². The molecule has 2 atom stereocenters. The van der Waals surface area contributed by atoms with Gasteiger partial charge < -0.3 is 10.2 Å². The van der Waals surface area contributed by atoms with Crippen molar-refractivity contribution in [1.82, 2.24) is 4.90 Å². The second-order valence-corrected chi connectivity index (χ2v) is 5.14. The highest BCUT2D eigenvalue weighted by Gasteiger charge is 2.46. The highest BCUT2D eigenvalue weighted by molar-refractivity contribution is 6.30. The van der Waals surface area contributed by atoms with Crippen LogP contribution >= 0.6 is 11.6 Å². The highest BCUT2D eigenvalue weighted by atomic mass is 35.5. The number of carbonyl (C=O) groups is 3. The minimum atomic E-state index is -1.59. The predicted octanol–water partition coefficient (Wildman–Crippen LogP) is 2.00. The van der Waals surface area contributed by atoms with Crippen LogP contribution in [0.2, 0.25) is 5.02 Å². The minimum Gasteiger partial charge on any atom is -0.480 e. The van der Waals surface area contributed by atoms with Crippen molar-refractivity contribution in [2.24, 2.45) is 5.92 Å². The Morgan fingerprint density at radius 3 is 2.52 bits per heavy atom. The van der Waals surface area contributed by atoms with Gasteiger partial charge in [0.05, 0.1) is 5.02 Å². The van der Waals surface area contributed by atoms with Crippen LogP contribution in [0.1, 0.15) is 12.0 Å². The molecule has 0 unspecified atom stereocenters. The number of hydrogen-bond donors (Lipinski definition) is 2. The van der Waals surface area contributed by atoms with E-state index in [0.717, 1.165) is 6.07 Å². The Morgan fingerprint density at radius 1 is 1.38 bits per heavy atom. The molecule has 21 heavy (non-hydrogen) atoms. The molecule has 2 rings (SSSR count). The summed E-state index contributed by atoms with van der Waals surface area (Å²) in [5.74, 6) is -3.53. The third-order valence-corrected chi connectivity index (χ3v) is 3.65. The Labute approximate surface area is 123 Å². The van der Waals surface area contributed by atoms with Crippen molar-refractivity contribution in [3.8, 4) is 0 Å². The molecule has 112 valence electrons. The minimum absolute atomic E-state index is 0.104. The van der Waals surface area contributed by atoms with E-state index in [2.05, 4.69) is 0 Å². The normalized spacial score (nSPS) is 21.6. The van der Waals surface area contributed by atoms with Gasteiger partial charge in [-0.1, -0.05) is 17.7 Å². The lowest BCUT2D eigenvalue weighted by molar-refractivity contribution is -0.145. The molecule has 0 spiro atoms. The second kappa shape index (κ2) is 5.69. The quantitative estimate of drug-likeness (QED) is 0.889. The summed E-state index contributed by atoms with van der Waals surface area (Å²) in [6.07, 6.45) is -1.60. The number of nitrogens with zero attached hydrogens (tertiary/aromatic N) is 1. The van der Waals surface area contributed by atoms with Crippen LogP contribution in [-0.4, -0.2) is 39.1 Å². The van der Waals surface area contributed by atoms with Crippen molar-refractivity contribution >= 4 is 29.6 Å². The number of carbonyl (C=O) groups excluding carboxylic acids is 1. The van der Waals surface area contributed by atoms with Gasteiger partial charge in [0.1, 0.15) is 11.9 Å². The van der Waals surface area contributed by atoms with E-state index in [1.165, 1.54) is 12.1 Å². The third-order valence-electron chi connectivity index (χ3n) is 3.36. The first kappa shape index (κ1) is 15.2. The molecule has 1 aromatic rings. The average molecular weight is 316 g/mol. The first-order valence-corrected chi connectivity index (χ1v) is 6.41. The topological polar surface area (TPSA) is 94.9 Å². The van der Waals surface area contributed by atoms with E-state index in [9.17, 15) is 18.8 Å². The van der Waals surface area contributed by atoms with E-state index >= 15 is 0 Å². The zero-order valence-electron chi connectivity index (χ0n) is 10.6. The molecular weight excluding hydrogens is 305 g/mol. The molecule has 0 radical (unpaired) electrons. The molecule has 1 aliphatic heterocycles. The Morgan fingerprint density at radius 2 is 2.05 bits per heavy atom. The molecule has 1 saturated heterocycles. The molecule has 1 fully saturated rings. The van der Waals surface area contributed by atoms with Crippen LogP contribution in [-0.2, 0) is 16.0 Å². The lowest BCUT2D eigenvalue weighted by Gasteiger charge is -2.15. The van der Waals surface area contributed by atoms with E-state index < -0.39 is 35.7 Å². The number of carboxylic acids is 1. The van der Waals surface area contributed by atoms with E-state index in [-0.39, 0.29) is 17.9 Å². The summed E-state index contributed by atoms with van der Waals surface area (Å²) in [6, 6.07) is 2.51. The van der Waals surface area contributed by atoms with Gasteiger partial charge in [-0.15, -0.1) is 0 Å². The number of amides is 2. The van der Waals surface area contributed by atoms with Gasteiger partial charge in [0, 0.05) is 5.92 Å². The third kappa shape index (κ3) is 2.97. The molecule has 1 aliphatic rings. The van der Waals surface area contributed by atoms with Gasteiger partial charge in [-0.3, -0.25) is 4.79 Å². The molecule has 2 amide bonds. The SMILES string of the molecule is O=C(O)[C@H]1C[C@H](Cc2ccc(F)c(Cl)c2)C(=O)N1C(=O)O. The van der Waals surface area contributed by atoms with Gasteiger partial charge in [-0.25, -0.2) is 18.9 Å². The van der Waals surface area contributed by atoms with E-state index in [1.807, 2.05) is 0 Å². The Kier molecular flexibility index (Phi) is 4.13. The van der Waals surface area contributed by atoms with Gasteiger partial charge in [-0.2, -0.15) is 0 Å². The van der Waals surface area contributed by atoms with Crippen LogP contribution in [0.4, 0.5) is 9.18 Å². The summed E-state index contributed by atoms with van der Waals surface area (Å²) >= 11 is 5.64. The lowest BCUT2D eigenvalue weighted by Crippen LogP contribution is -2.42. The summed E-state index contributed by atoms with van der Waals surface area (Å²) in [6.45, 7) is 0. The fourth-order valence-electron chi connectivity index (χ4n) is 2.39. The van der Waals surface area contributed by atoms with Crippen LogP contribution < -0.4 is 0 Å². The standard InChI is InChI=1S/C13H11ClFNO5/c14-8-4-6(1-2-9(8)15)3-7-5-10(12(18)19)16(11(7)17)13(20)21/h1-2,4,7,10H,3,5H2,(H,18,19)(H,20,21)/t7-,10+/m0/s1. The highest BCUT2D eigenvalue weighted by Crippen LogP contribution is 2.29. The second-order valence-electron chi connectivity index (χ2n) is 4.73. The van der Waals surface area contributed by atoms with Crippen molar-refractivity contribution in [2.75, 3.05) is 0 Å². The molecule has 0 bridgehead atoms. The van der Waals surface area contributed by atoms with Gasteiger partial charge in [0.2, 0.25) is 5.91 Å². The Bertz CT molecular complexity index is 621. The number of halogens is 2. The summed E-state index contributed by atoms with van der Waals surface area (Å²) in [4.78, 5) is 34.3. The molecule has 1 heterocycles. The summed E-state index contributed by atoms with van der Waals surface area (Å²) < 4.78 is 13.1. The van der Waals surface area contributed by atoms with Crippen molar-refractivity contribution in [2.45, 2.75) is 18.9 Å². The summed E-state index contributed by atoms with van der Waals surface area (Å²) in [7, 11) is 0. The smallest absolute Gasteiger partial charge is 0.414 e. The maximum Gasteiger partial charge on any atom is 0.414 e. The van der Waals surface area contributed by atoms with E-state index in [0.29, 0.717) is 10.5 Å². The van der Waals surface area contributed by atoms with Crippen LogP contribution in [0.25, 0.3) is 0 Å². The molecule has 0 aromatic heterocycles. The molecule has 8 heteroatoms. The van der Waals surface area contributed by atoms with E-state index in [4.69, 9.17) is 21.8 Å². The Balaban J connectivity index is 2.21. The Hall–Kier alpha value is -2.15. The maximum absolute atomic E-state index is 13.1. The monoisotopic (exact) mass is 315 g/mol. The molecule has 6 nitrogen and oxygen atoms in total. The molecular formula is C13H11ClFNO5. The zero-order chi connectivity index (χ0) is 15.7. The van der Waals surface area contributed by atoms with Crippen molar-refractivity contribution in [3.05, 3.63) is 34.6 Å². The number of hydrogen-bond acceptors (Lipinski definition) is 3. The molecule has 0 aliphatic carbocycles. The maximum atomic E-state index is 13.1. The number of aliphatic carboxylic acids is 1. The van der Waals surface area contributed by atoms with Crippen LogP contribution in [0, 0.1) is 11.7 Å². The largest absolute Gasteiger partial charge is 0.480 e. The number of imide groups is 1. The lowest BCUT2D eigenvalue weighted by atomic mass is 9.96. The fraction of sp³-hybridized carbons (Fsp3) is 0.308. The predicted molar refractivity (Wildman–Crippen MR) is 69.5 cm³/mol. The van der Waals surface area contributed by atoms with Crippen LogP contribution in [0.15, 0.2) is 18.2 Å². The van der Waals surface area contributed by atoms with Crippen LogP contribution in [0.5, 0.6) is 0 Å². The van der Waals surface area contributed by atoms with E-state index in [1.54, 1.807) is 0 Å². The van der Waals surface area contributed by atoms with Gasteiger partial charge in [0.15, 0.2) is 0 Å².